The van der Waals surface area contributed by atoms with E-state index in [9.17, 15) is 0 Å². The highest BCUT2D eigenvalue weighted by atomic mass is 14.9. The lowest BCUT2D eigenvalue weighted by Crippen LogP contribution is -2.30. The third-order valence-corrected chi connectivity index (χ3v) is 3.93. The van der Waals surface area contributed by atoms with Crippen LogP contribution in [0.4, 0.5) is 0 Å². The van der Waals surface area contributed by atoms with Gasteiger partial charge in [-0.1, -0.05) is 56.5 Å². The zero-order chi connectivity index (χ0) is 11.9. The molecule has 1 heteroatoms. The van der Waals surface area contributed by atoms with E-state index in [1.165, 1.54) is 50.6 Å². The second-order valence-corrected chi connectivity index (χ2v) is 5.31. The molecule has 1 aromatic rings. The summed E-state index contributed by atoms with van der Waals surface area (Å²) >= 11 is 0. The largest absolute Gasteiger partial charge is 0.310 e. The van der Waals surface area contributed by atoms with Crippen LogP contribution in [0.25, 0.3) is 0 Å². The van der Waals surface area contributed by atoms with Crippen molar-refractivity contribution in [3.63, 3.8) is 0 Å². The van der Waals surface area contributed by atoms with Gasteiger partial charge in [0.05, 0.1) is 0 Å². The standard InChI is InChI=1S/C16H25N/c1-2-3-12-16(15-10-5-4-6-11-15)17-13-14-8-7-9-14/h4-6,10-11,14,16-17H,2-3,7-9,12-13H2,1H3. The van der Waals surface area contributed by atoms with Gasteiger partial charge in [-0.3, -0.25) is 0 Å². The van der Waals surface area contributed by atoms with Gasteiger partial charge >= 0.3 is 0 Å². The molecule has 1 fully saturated rings. The summed E-state index contributed by atoms with van der Waals surface area (Å²) in [6.07, 6.45) is 8.18. The summed E-state index contributed by atoms with van der Waals surface area (Å²) in [6, 6.07) is 11.5. The van der Waals surface area contributed by atoms with E-state index in [4.69, 9.17) is 0 Å². The van der Waals surface area contributed by atoms with E-state index < -0.39 is 0 Å². The summed E-state index contributed by atoms with van der Waals surface area (Å²) in [6.45, 7) is 3.48. The number of unbranched alkanes of at least 4 members (excludes halogenated alkanes) is 1. The fraction of sp³-hybridized carbons (Fsp3) is 0.625. The van der Waals surface area contributed by atoms with E-state index in [1.807, 2.05) is 0 Å². The molecule has 94 valence electrons. The van der Waals surface area contributed by atoms with Gasteiger partial charge in [0.2, 0.25) is 0 Å². The molecule has 0 heterocycles. The van der Waals surface area contributed by atoms with Gasteiger partial charge in [-0.25, -0.2) is 0 Å². The molecule has 0 aromatic heterocycles. The van der Waals surface area contributed by atoms with E-state index in [0.717, 1.165) is 5.92 Å². The van der Waals surface area contributed by atoms with Gasteiger partial charge in [-0.2, -0.15) is 0 Å². The fourth-order valence-corrected chi connectivity index (χ4v) is 2.49. The normalized spacial score (nSPS) is 17.7. The third-order valence-electron chi connectivity index (χ3n) is 3.93. The van der Waals surface area contributed by atoms with Crippen molar-refractivity contribution in [1.29, 1.82) is 0 Å². The van der Waals surface area contributed by atoms with Crippen LogP contribution in [0.1, 0.15) is 57.1 Å². The van der Waals surface area contributed by atoms with Crippen molar-refractivity contribution in [3.05, 3.63) is 35.9 Å². The van der Waals surface area contributed by atoms with E-state index >= 15 is 0 Å². The smallest absolute Gasteiger partial charge is 0.0320 e. The molecule has 0 radical (unpaired) electrons. The molecule has 0 amide bonds. The van der Waals surface area contributed by atoms with E-state index in [2.05, 4.69) is 42.6 Å². The summed E-state index contributed by atoms with van der Waals surface area (Å²) in [5.41, 5.74) is 1.46. The number of benzene rings is 1. The van der Waals surface area contributed by atoms with E-state index in [0.29, 0.717) is 6.04 Å². The molecule has 2 rings (SSSR count). The molecule has 1 aromatic carbocycles. The Morgan fingerprint density at radius 1 is 1.24 bits per heavy atom. The second kappa shape index (κ2) is 6.80. The van der Waals surface area contributed by atoms with Gasteiger partial charge in [0.15, 0.2) is 0 Å². The monoisotopic (exact) mass is 231 g/mol. The molecule has 1 nitrogen and oxygen atoms in total. The minimum atomic E-state index is 0.566. The summed E-state index contributed by atoms with van der Waals surface area (Å²) in [7, 11) is 0. The van der Waals surface area contributed by atoms with Gasteiger partial charge in [-0.05, 0) is 37.3 Å². The van der Waals surface area contributed by atoms with Gasteiger partial charge in [-0.15, -0.1) is 0 Å². The number of rotatable bonds is 7. The molecule has 0 saturated heterocycles. The lowest BCUT2D eigenvalue weighted by molar-refractivity contribution is 0.285. The van der Waals surface area contributed by atoms with Crippen molar-refractivity contribution in [1.82, 2.24) is 5.32 Å². The summed E-state index contributed by atoms with van der Waals surface area (Å²) in [5.74, 6) is 0.947. The molecular weight excluding hydrogens is 206 g/mol. The van der Waals surface area contributed by atoms with Crippen LogP contribution in [-0.2, 0) is 0 Å². The Kier molecular flexibility index (Phi) is 5.06. The Labute approximate surface area is 106 Å². The number of nitrogens with one attached hydrogen (secondary N) is 1. The first-order valence-corrected chi connectivity index (χ1v) is 7.18. The van der Waals surface area contributed by atoms with Crippen molar-refractivity contribution in [2.45, 2.75) is 51.5 Å². The Bertz CT molecular complexity index is 303. The van der Waals surface area contributed by atoms with Crippen LogP contribution in [0.3, 0.4) is 0 Å². The molecule has 0 spiro atoms. The van der Waals surface area contributed by atoms with Crippen LogP contribution < -0.4 is 5.32 Å². The summed E-state index contributed by atoms with van der Waals surface area (Å²) in [5, 5.41) is 3.77. The first-order chi connectivity index (χ1) is 8.40. The SMILES string of the molecule is CCCCC(NCC1CCC1)c1ccccc1. The summed E-state index contributed by atoms with van der Waals surface area (Å²) in [4.78, 5) is 0. The molecular formula is C16H25N. The topological polar surface area (TPSA) is 12.0 Å². The van der Waals surface area contributed by atoms with Crippen LogP contribution in [0.5, 0.6) is 0 Å². The van der Waals surface area contributed by atoms with E-state index in [1.54, 1.807) is 0 Å². The quantitative estimate of drug-likeness (QED) is 0.737. The second-order valence-electron chi connectivity index (χ2n) is 5.31. The lowest BCUT2D eigenvalue weighted by Gasteiger charge is -2.28. The zero-order valence-electron chi connectivity index (χ0n) is 11.0. The van der Waals surface area contributed by atoms with Gasteiger partial charge in [0, 0.05) is 6.04 Å². The lowest BCUT2D eigenvalue weighted by atomic mass is 9.85. The van der Waals surface area contributed by atoms with Crippen LogP contribution in [-0.4, -0.2) is 6.54 Å². The average molecular weight is 231 g/mol. The first kappa shape index (κ1) is 12.6. The maximum absolute atomic E-state index is 3.77. The maximum Gasteiger partial charge on any atom is 0.0320 e. The molecule has 0 bridgehead atoms. The molecule has 0 aliphatic heterocycles. The molecule has 1 N–H and O–H groups in total. The molecule has 17 heavy (non-hydrogen) atoms. The van der Waals surface area contributed by atoms with Crippen molar-refractivity contribution in [2.75, 3.05) is 6.54 Å². The predicted octanol–water partition coefficient (Wildman–Crippen LogP) is 4.31. The van der Waals surface area contributed by atoms with Gasteiger partial charge in [0.1, 0.15) is 0 Å². The van der Waals surface area contributed by atoms with Crippen molar-refractivity contribution >= 4 is 0 Å². The first-order valence-electron chi connectivity index (χ1n) is 7.18. The van der Waals surface area contributed by atoms with Crippen molar-refractivity contribution in [3.8, 4) is 0 Å². The molecule has 1 unspecified atom stereocenters. The van der Waals surface area contributed by atoms with Crippen molar-refractivity contribution in [2.24, 2.45) is 5.92 Å². The van der Waals surface area contributed by atoms with Crippen molar-refractivity contribution < 1.29 is 0 Å². The third kappa shape index (κ3) is 3.85. The number of hydrogen-bond donors (Lipinski definition) is 1. The summed E-state index contributed by atoms with van der Waals surface area (Å²) < 4.78 is 0. The molecule has 1 atom stereocenters. The molecule has 1 aliphatic carbocycles. The Morgan fingerprint density at radius 3 is 2.59 bits per heavy atom. The predicted molar refractivity (Wildman–Crippen MR) is 74.1 cm³/mol. The number of hydrogen-bond acceptors (Lipinski definition) is 1. The van der Waals surface area contributed by atoms with Crippen LogP contribution >= 0.6 is 0 Å². The van der Waals surface area contributed by atoms with Gasteiger partial charge < -0.3 is 5.32 Å². The fourth-order valence-electron chi connectivity index (χ4n) is 2.49. The highest BCUT2D eigenvalue weighted by molar-refractivity contribution is 5.18. The minimum Gasteiger partial charge on any atom is -0.310 e. The average Bonchev–Trinajstić information content (AvgIpc) is 2.32. The molecule has 1 saturated carbocycles. The Balaban J connectivity index is 1.87. The maximum atomic E-state index is 3.77. The highest BCUT2D eigenvalue weighted by Crippen LogP contribution is 2.27. The zero-order valence-corrected chi connectivity index (χ0v) is 11.0. The highest BCUT2D eigenvalue weighted by Gasteiger charge is 2.19. The van der Waals surface area contributed by atoms with Gasteiger partial charge in [0.25, 0.3) is 0 Å². The van der Waals surface area contributed by atoms with Crippen LogP contribution in [0, 0.1) is 5.92 Å². The van der Waals surface area contributed by atoms with Crippen LogP contribution in [0.15, 0.2) is 30.3 Å². The Hall–Kier alpha value is -0.820. The van der Waals surface area contributed by atoms with E-state index in [-0.39, 0.29) is 0 Å². The van der Waals surface area contributed by atoms with Crippen LogP contribution in [0.2, 0.25) is 0 Å². The minimum absolute atomic E-state index is 0.566. The Morgan fingerprint density at radius 2 is 2.00 bits per heavy atom. The molecule has 1 aliphatic rings.